The number of rotatable bonds is 7. The molecule has 108 valence electrons. The van der Waals surface area contributed by atoms with Gasteiger partial charge in [0.05, 0.1) is 0 Å². The van der Waals surface area contributed by atoms with E-state index in [4.69, 9.17) is 0 Å². The van der Waals surface area contributed by atoms with E-state index in [1.165, 1.54) is 25.7 Å². The maximum Gasteiger partial charge on any atom is 0.138 e. The largest absolute Gasteiger partial charge is 0.316 e. The van der Waals surface area contributed by atoms with Crippen molar-refractivity contribution in [3.63, 3.8) is 0 Å². The second-order valence-electron chi connectivity index (χ2n) is 6.36. The third kappa shape index (κ3) is 4.30. The number of nitrogens with zero attached hydrogens (tertiary/aromatic N) is 3. The molecule has 1 N–H and O–H groups in total. The first-order valence-electron chi connectivity index (χ1n) is 7.70. The molecule has 1 atom stereocenters. The predicted octanol–water partition coefficient (Wildman–Crippen LogP) is 2.41. The summed E-state index contributed by atoms with van der Waals surface area (Å²) in [7, 11) is 2.00. The second kappa shape index (κ2) is 7.04. The lowest BCUT2D eigenvalue weighted by molar-refractivity contribution is 0.308. The van der Waals surface area contributed by atoms with Crippen LogP contribution in [0.5, 0.6) is 0 Å². The molecule has 1 aromatic heterocycles. The van der Waals surface area contributed by atoms with Crippen molar-refractivity contribution in [2.45, 2.75) is 46.0 Å². The number of aryl methyl sites for hydroxylation is 1. The van der Waals surface area contributed by atoms with Crippen LogP contribution in [0.2, 0.25) is 0 Å². The number of aromatic nitrogens is 3. The molecule has 0 aliphatic heterocycles. The molecule has 0 saturated heterocycles. The number of hydrogen-bond acceptors (Lipinski definition) is 3. The normalized spacial score (nSPS) is 18.3. The molecular formula is C15H28N4. The molecule has 0 radical (unpaired) electrons. The van der Waals surface area contributed by atoms with Crippen LogP contribution in [0, 0.1) is 17.8 Å². The van der Waals surface area contributed by atoms with E-state index in [-0.39, 0.29) is 0 Å². The number of hydrogen-bond donors (Lipinski definition) is 1. The lowest BCUT2D eigenvalue weighted by Crippen LogP contribution is -2.31. The molecule has 1 fully saturated rings. The van der Waals surface area contributed by atoms with Crippen molar-refractivity contribution in [3.05, 3.63) is 12.2 Å². The fourth-order valence-corrected chi connectivity index (χ4v) is 3.13. The molecule has 1 aliphatic rings. The summed E-state index contributed by atoms with van der Waals surface area (Å²) >= 11 is 0. The fraction of sp³-hybridized carbons (Fsp3) is 0.867. The second-order valence-corrected chi connectivity index (χ2v) is 6.36. The molecule has 1 heterocycles. The van der Waals surface area contributed by atoms with Crippen LogP contribution < -0.4 is 5.32 Å². The molecule has 19 heavy (non-hydrogen) atoms. The fourth-order valence-electron chi connectivity index (χ4n) is 3.13. The van der Waals surface area contributed by atoms with Crippen molar-refractivity contribution >= 4 is 0 Å². The van der Waals surface area contributed by atoms with Gasteiger partial charge in [0.15, 0.2) is 0 Å². The minimum atomic E-state index is 0.712. The molecule has 1 aliphatic carbocycles. The van der Waals surface area contributed by atoms with Gasteiger partial charge in [-0.05, 0) is 30.8 Å². The molecule has 0 aromatic carbocycles. The number of nitrogens with one attached hydrogen (secondary N) is 1. The highest BCUT2D eigenvalue weighted by Gasteiger charge is 2.26. The molecule has 0 amide bonds. The van der Waals surface area contributed by atoms with Crippen LogP contribution in [0.25, 0.3) is 0 Å². The summed E-state index contributed by atoms with van der Waals surface area (Å²) in [6.07, 6.45) is 8.33. The van der Waals surface area contributed by atoms with Crippen LogP contribution in [0.1, 0.15) is 45.4 Å². The van der Waals surface area contributed by atoms with Crippen molar-refractivity contribution in [1.82, 2.24) is 20.1 Å². The minimum absolute atomic E-state index is 0.712. The third-order valence-corrected chi connectivity index (χ3v) is 4.28. The first-order valence-corrected chi connectivity index (χ1v) is 7.70. The molecule has 2 rings (SSSR count). The van der Waals surface area contributed by atoms with Crippen LogP contribution in [-0.2, 0) is 13.5 Å². The SMILES string of the molecule is CC(C)CNCC(Cc1ncnn1C)C1CCCC1. The van der Waals surface area contributed by atoms with E-state index in [1.807, 2.05) is 11.7 Å². The van der Waals surface area contributed by atoms with Crippen LogP contribution in [0.3, 0.4) is 0 Å². The summed E-state index contributed by atoms with van der Waals surface area (Å²) in [6.45, 7) is 6.76. The van der Waals surface area contributed by atoms with Crippen molar-refractivity contribution < 1.29 is 0 Å². The van der Waals surface area contributed by atoms with E-state index in [0.717, 1.165) is 37.2 Å². The van der Waals surface area contributed by atoms with Crippen LogP contribution in [0.15, 0.2) is 6.33 Å². The summed E-state index contributed by atoms with van der Waals surface area (Å²) < 4.78 is 1.92. The van der Waals surface area contributed by atoms with Crippen LogP contribution in [-0.4, -0.2) is 27.9 Å². The summed E-state index contributed by atoms with van der Waals surface area (Å²) in [4.78, 5) is 4.39. The molecule has 1 saturated carbocycles. The van der Waals surface area contributed by atoms with Gasteiger partial charge in [-0.3, -0.25) is 4.68 Å². The first kappa shape index (κ1) is 14.5. The van der Waals surface area contributed by atoms with E-state index in [2.05, 4.69) is 29.2 Å². The van der Waals surface area contributed by atoms with E-state index in [9.17, 15) is 0 Å². The highest BCUT2D eigenvalue weighted by Crippen LogP contribution is 2.32. The quantitative estimate of drug-likeness (QED) is 0.822. The molecule has 4 nitrogen and oxygen atoms in total. The predicted molar refractivity (Wildman–Crippen MR) is 77.9 cm³/mol. The summed E-state index contributed by atoms with van der Waals surface area (Å²) in [5, 5.41) is 7.83. The van der Waals surface area contributed by atoms with Gasteiger partial charge in [0.25, 0.3) is 0 Å². The van der Waals surface area contributed by atoms with Crippen LogP contribution in [0.4, 0.5) is 0 Å². The lowest BCUT2D eigenvalue weighted by Gasteiger charge is -2.24. The van der Waals surface area contributed by atoms with Gasteiger partial charge in [-0.1, -0.05) is 39.5 Å². The molecule has 0 bridgehead atoms. The molecule has 1 aromatic rings. The maximum absolute atomic E-state index is 4.39. The van der Waals surface area contributed by atoms with Crippen molar-refractivity contribution in [1.29, 1.82) is 0 Å². The smallest absolute Gasteiger partial charge is 0.138 e. The van der Waals surface area contributed by atoms with E-state index in [1.54, 1.807) is 6.33 Å². The van der Waals surface area contributed by atoms with Crippen molar-refractivity contribution in [2.75, 3.05) is 13.1 Å². The average Bonchev–Trinajstić information content (AvgIpc) is 2.99. The Hall–Kier alpha value is -0.900. The van der Waals surface area contributed by atoms with Gasteiger partial charge in [0.1, 0.15) is 12.2 Å². The average molecular weight is 264 g/mol. The molecule has 0 spiro atoms. The summed E-state index contributed by atoms with van der Waals surface area (Å²) in [5.41, 5.74) is 0. The lowest BCUT2D eigenvalue weighted by atomic mass is 9.87. The zero-order valence-electron chi connectivity index (χ0n) is 12.6. The van der Waals surface area contributed by atoms with Gasteiger partial charge in [0, 0.05) is 13.5 Å². The summed E-state index contributed by atoms with van der Waals surface area (Å²) in [5.74, 6) is 3.43. The first-order chi connectivity index (χ1) is 9.16. The van der Waals surface area contributed by atoms with Gasteiger partial charge >= 0.3 is 0 Å². The Morgan fingerprint density at radius 1 is 1.32 bits per heavy atom. The standard InChI is InChI=1S/C15H28N4/c1-12(2)9-16-10-14(13-6-4-5-7-13)8-15-17-11-18-19(15)3/h11-14,16H,4-10H2,1-3H3. The Balaban J connectivity index is 1.91. The Labute approximate surface area is 117 Å². The van der Waals surface area contributed by atoms with E-state index < -0.39 is 0 Å². The molecule has 4 heteroatoms. The van der Waals surface area contributed by atoms with Gasteiger partial charge < -0.3 is 5.32 Å². The highest BCUT2D eigenvalue weighted by molar-refractivity contribution is 4.90. The Morgan fingerprint density at radius 3 is 2.63 bits per heavy atom. The highest BCUT2D eigenvalue weighted by atomic mass is 15.3. The van der Waals surface area contributed by atoms with Crippen molar-refractivity contribution in [3.8, 4) is 0 Å². The monoisotopic (exact) mass is 264 g/mol. The van der Waals surface area contributed by atoms with E-state index in [0.29, 0.717) is 5.92 Å². The Bertz CT molecular complexity index is 366. The van der Waals surface area contributed by atoms with Gasteiger partial charge in [-0.15, -0.1) is 0 Å². The van der Waals surface area contributed by atoms with Gasteiger partial charge in [-0.25, -0.2) is 4.98 Å². The Kier molecular flexibility index (Phi) is 5.37. The van der Waals surface area contributed by atoms with Gasteiger partial charge in [0.2, 0.25) is 0 Å². The van der Waals surface area contributed by atoms with E-state index >= 15 is 0 Å². The van der Waals surface area contributed by atoms with Crippen molar-refractivity contribution in [2.24, 2.45) is 24.8 Å². The zero-order chi connectivity index (χ0) is 13.7. The molecular weight excluding hydrogens is 236 g/mol. The zero-order valence-corrected chi connectivity index (χ0v) is 12.6. The minimum Gasteiger partial charge on any atom is -0.316 e. The van der Waals surface area contributed by atoms with Gasteiger partial charge in [-0.2, -0.15) is 5.10 Å². The third-order valence-electron chi connectivity index (χ3n) is 4.28. The molecule has 1 unspecified atom stereocenters. The summed E-state index contributed by atoms with van der Waals surface area (Å²) in [6, 6.07) is 0. The maximum atomic E-state index is 4.39. The Morgan fingerprint density at radius 2 is 2.05 bits per heavy atom. The van der Waals surface area contributed by atoms with Crippen LogP contribution >= 0.6 is 0 Å². The topological polar surface area (TPSA) is 42.7 Å².